The molecule has 2 N–H and O–H groups in total. The van der Waals surface area contributed by atoms with Gasteiger partial charge in [-0.25, -0.2) is 8.78 Å². The molecule has 0 atom stereocenters. The van der Waals surface area contributed by atoms with Gasteiger partial charge >= 0.3 is 0 Å². The fourth-order valence-corrected chi connectivity index (χ4v) is 2.28. The summed E-state index contributed by atoms with van der Waals surface area (Å²) in [5.74, 6) is -0.323. The number of nitrogens with zero attached hydrogens (tertiary/aromatic N) is 1. The number of halogens is 2. The zero-order valence-corrected chi connectivity index (χ0v) is 11.6. The van der Waals surface area contributed by atoms with Crippen LogP contribution in [0.2, 0.25) is 0 Å². The molecule has 5 heteroatoms. The summed E-state index contributed by atoms with van der Waals surface area (Å²) in [5.41, 5.74) is 6.19. The van der Waals surface area contributed by atoms with Crippen LogP contribution in [0.5, 0.6) is 0 Å². The molecule has 0 spiro atoms. The van der Waals surface area contributed by atoms with Crippen LogP contribution in [0.15, 0.2) is 42.5 Å². The van der Waals surface area contributed by atoms with E-state index in [2.05, 4.69) is 0 Å². The molecule has 0 aliphatic heterocycles. The van der Waals surface area contributed by atoms with Gasteiger partial charge in [-0.15, -0.1) is 0 Å². The molecule has 0 radical (unpaired) electrons. The summed E-state index contributed by atoms with van der Waals surface area (Å²) >= 11 is 0. The Balaban J connectivity index is 2.11. The van der Waals surface area contributed by atoms with Crippen LogP contribution in [0.3, 0.4) is 0 Å². The molecule has 0 aliphatic carbocycles. The van der Waals surface area contributed by atoms with Crippen LogP contribution >= 0.6 is 0 Å². The van der Waals surface area contributed by atoms with Crippen LogP contribution in [0.4, 0.5) is 8.78 Å². The van der Waals surface area contributed by atoms with Crippen molar-refractivity contribution >= 4 is 16.7 Å². The normalized spacial score (nSPS) is 11.0. The molecule has 0 aromatic heterocycles. The van der Waals surface area contributed by atoms with Gasteiger partial charge in [0.2, 0.25) is 5.91 Å². The molecule has 1 amide bonds. The van der Waals surface area contributed by atoms with Crippen LogP contribution in [0.1, 0.15) is 5.56 Å². The van der Waals surface area contributed by atoms with E-state index < -0.39 is 13.0 Å². The lowest BCUT2D eigenvalue weighted by Crippen LogP contribution is -2.39. The van der Waals surface area contributed by atoms with E-state index in [1.54, 1.807) is 0 Å². The number of carbonyl (C=O) groups excluding carboxylic acids is 1. The van der Waals surface area contributed by atoms with E-state index in [9.17, 15) is 13.6 Å². The molecule has 0 fully saturated rings. The van der Waals surface area contributed by atoms with Gasteiger partial charge in [0, 0.05) is 13.1 Å². The number of benzene rings is 2. The average Bonchev–Trinajstić information content (AvgIpc) is 2.46. The maximum atomic E-state index is 12.5. The molecule has 0 aliphatic rings. The lowest BCUT2D eigenvalue weighted by atomic mass is 10.0. The Hall–Kier alpha value is -2.01. The van der Waals surface area contributed by atoms with Gasteiger partial charge < -0.3 is 10.6 Å². The number of amides is 1. The molecular formula is C16H18F2N2O. The topological polar surface area (TPSA) is 46.3 Å². The summed E-state index contributed by atoms with van der Waals surface area (Å²) < 4.78 is 25.0. The first-order valence-electron chi connectivity index (χ1n) is 6.84. The summed E-state index contributed by atoms with van der Waals surface area (Å²) in [6, 6.07) is 13.5. The smallest absolute Gasteiger partial charge is 0.255 e. The number of fused-ring (bicyclic) bond motifs is 1. The number of hydrogen-bond acceptors (Lipinski definition) is 2. The van der Waals surface area contributed by atoms with Crippen molar-refractivity contribution in [2.24, 2.45) is 5.73 Å². The minimum absolute atomic E-state index is 0.109. The van der Waals surface area contributed by atoms with Crippen LogP contribution < -0.4 is 5.73 Å². The largest absolute Gasteiger partial charge is 0.335 e. The third-order valence-electron chi connectivity index (χ3n) is 3.28. The van der Waals surface area contributed by atoms with Crippen molar-refractivity contribution in [1.29, 1.82) is 0 Å². The first kappa shape index (κ1) is 15.4. The number of alkyl halides is 2. The van der Waals surface area contributed by atoms with Crippen molar-refractivity contribution in [2.75, 3.05) is 19.6 Å². The van der Waals surface area contributed by atoms with Gasteiger partial charge in [-0.2, -0.15) is 0 Å². The van der Waals surface area contributed by atoms with E-state index >= 15 is 0 Å². The highest BCUT2D eigenvalue weighted by molar-refractivity contribution is 5.85. The summed E-state index contributed by atoms with van der Waals surface area (Å²) in [6.07, 6.45) is -2.44. The van der Waals surface area contributed by atoms with Crippen molar-refractivity contribution in [1.82, 2.24) is 4.90 Å². The van der Waals surface area contributed by atoms with Gasteiger partial charge in [0.15, 0.2) is 0 Å². The van der Waals surface area contributed by atoms with Crippen molar-refractivity contribution < 1.29 is 13.6 Å². The summed E-state index contributed by atoms with van der Waals surface area (Å²) in [5, 5.41) is 2.11. The zero-order valence-electron chi connectivity index (χ0n) is 11.6. The highest BCUT2D eigenvalue weighted by atomic mass is 19.3. The van der Waals surface area contributed by atoms with E-state index in [4.69, 9.17) is 5.73 Å². The van der Waals surface area contributed by atoms with Gasteiger partial charge in [0.25, 0.3) is 6.43 Å². The monoisotopic (exact) mass is 292 g/mol. The second kappa shape index (κ2) is 7.13. The third kappa shape index (κ3) is 4.23. The molecule has 0 saturated heterocycles. The second-order valence-electron chi connectivity index (χ2n) is 4.88. The molecule has 2 aromatic rings. The number of carbonyl (C=O) groups is 1. The van der Waals surface area contributed by atoms with Gasteiger partial charge in [-0.05, 0) is 16.3 Å². The standard InChI is InChI=1S/C16H18F2N2O/c17-15(18)11-20(8-7-19)16(21)10-12-5-6-13-3-1-2-4-14(13)9-12/h1-6,9,15H,7-8,10-11,19H2. The van der Waals surface area contributed by atoms with E-state index in [1.807, 2.05) is 42.5 Å². The lowest BCUT2D eigenvalue weighted by Gasteiger charge is -2.21. The Morgan fingerprint density at radius 3 is 2.52 bits per heavy atom. The highest BCUT2D eigenvalue weighted by Gasteiger charge is 2.17. The lowest BCUT2D eigenvalue weighted by molar-refractivity contribution is -0.132. The number of hydrogen-bond donors (Lipinski definition) is 1. The van der Waals surface area contributed by atoms with Gasteiger partial charge in [-0.1, -0.05) is 42.5 Å². The van der Waals surface area contributed by atoms with Crippen LogP contribution in [-0.2, 0) is 11.2 Å². The van der Waals surface area contributed by atoms with Gasteiger partial charge in [0.1, 0.15) is 0 Å². The molecule has 0 unspecified atom stereocenters. The van der Waals surface area contributed by atoms with Crippen LogP contribution in [0, 0.1) is 0 Å². The maximum absolute atomic E-state index is 12.5. The minimum atomic E-state index is -2.54. The Bertz CT molecular complexity index is 616. The van der Waals surface area contributed by atoms with E-state index in [0.29, 0.717) is 0 Å². The van der Waals surface area contributed by atoms with Gasteiger partial charge in [0.05, 0.1) is 13.0 Å². The third-order valence-corrected chi connectivity index (χ3v) is 3.28. The Morgan fingerprint density at radius 1 is 1.14 bits per heavy atom. The van der Waals surface area contributed by atoms with E-state index in [0.717, 1.165) is 21.2 Å². The van der Waals surface area contributed by atoms with Crippen molar-refractivity contribution in [3.05, 3.63) is 48.0 Å². The first-order valence-corrected chi connectivity index (χ1v) is 6.84. The quantitative estimate of drug-likeness (QED) is 0.889. The second-order valence-corrected chi connectivity index (χ2v) is 4.88. The maximum Gasteiger partial charge on any atom is 0.255 e. The van der Waals surface area contributed by atoms with Crippen molar-refractivity contribution in [2.45, 2.75) is 12.8 Å². The summed E-state index contributed by atoms with van der Waals surface area (Å²) in [7, 11) is 0. The summed E-state index contributed by atoms with van der Waals surface area (Å²) in [6.45, 7) is -0.240. The molecule has 2 aromatic carbocycles. The minimum Gasteiger partial charge on any atom is -0.335 e. The Kier molecular flexibility index (Phi) is 5.22. The predicted octanol–water partition coefficient (Wildman–Crippen LogP) is 2.43. The molecule has 21 heavy (non-hydrogen) atoms. The predicted molar refractivity (Wildman–Crippen MR) is 79.3 cm³/mol. The van der Waals surface area contributed by atoms with Crippen LogP contribution in [0.25, 0.3) is 10.8 Å². The van der Waals surface area contributed by atoms with Crippen molar-refractivity contribution in [3.63, 3.8) is 0 Å². The fourth-order valence-electron chi connectivity index (χ4n) is 2.28. The number of nitrogens with two attached hydrogens (primary N) is 1. The fraction of sp³-hybridized carbons (Fsp3) is 0.312. The molecule has 0 saturated carbocycles. The zero-order chi connectivity index (χ0) is 15.2. The first-order chi connectivity index (χ1) is 10.1. The molecule has 2 rings (SSSR count). The SMILES string of the molecule is NCCN(CC(F)F)C(=O)Cc1ccc2ccccc2c1. The van der Waals surface area contributed by atoms with E-state index in [1.165, 1.54) is 0 Å². The molecule has 3 nitrogen and oxygen atoms in total. The average molecular weight is 292 g/mol. The number of rotatable bonds is 6. The van der Waals surface area contributed by atoms with Crippen molar-refractivity contribution in [3.8, 4) is 0 Å². The molecule has 0 heterocycles. The molecule has 112 valence electrons. The summed E-state index contributed by atoms with van der Waals surface area (Å²) in [4.78, 5) is 13.2. The van der Waals surface area contributed by atoms with Crippen LogP contribution in [-0.4, -0.2) is 36.9 Å². The molecule has 0 bridgehead atoms. The Labute approximate surface area is 122 Å². The molecular weight excluding hydrogens is 274 g/mol. The highest BCUT2D eigenvalue weighted by Crippen LogP contribution is 2.16. The Morgan fingerprint density at radius 2 is 1.86 bits per heavy atom. The van der Waals surface area contributed by atoms with Gasteiger partial charge in [-0.3, -0.25) is 4.79 Å². The van der Waals surface area contributed by atoms with E-state index in [-0.39, 0.29) is 25.4 Å².